The van der Waals surface area contributed by atoms with Gasteiger partial charge in [-0.25, -0.2) is 4.98 Å². The first-order valence-electron chi connectivity index (χ1n) is 13.0. The highest BCUT2D eigenvalue weighted by Crippen LogP contribution is 2.49. The molecule has 1 amide bonds. The Morgan fingerprint density at radius 3 is 2.65 bits per heavy atom. The predicted octanol–water partition coefficient (Wildman–Crippen LogP) is 3.94. The van der Waals surface area contributed by atoms with Crippen LogP contribution in [0.15, 0.2) is 42.7 Å². The van der Waals surface area contributed by atoms with Crippen LogP contribution >= 0.6 is 0 Å². The lowest BCUT2D eigenvalue weighted by Gasteiger charge is -2.27. The predicted molar refractivity (Wildman–Crippen MR) is 139 cm³/mol. The number of pyridine rings is 1. The van der Waals surface area contributed by atoms with Gasteiger partial charge in [-0.3, -0.25) is 9.78 Å². The van der Waals surface area contributed by atoms with E-state index < -0.39 is 5.41 Å². The Labute approximate surface area is 215 Å². The maximum atomic E-state index is 13.0. The number of aromatic nitrogens is 3. The molecule has 0 saturated heterocycles. The molecule has 1 aliphatic heterocycles. The third-order valence-corrected chi connectivity index (χ3v) is 7.91. The third kappa shape index (κ3) is 4.17. The van der Waals surface area contributed by atoms with E-state index in [1.54, 1.807) is 12.4 Å². The van der Waals surface area contributed by atoms with E-state index in [2.05, 4.69) is 55.5 Å². The lowest BCUT2D eigenvalue weighted by atomic mass is 9.92. The number of fused-ring (bicyclic) bond motifs is 2. The molecule has 7 rings (SSSR count). The van der Waals surface area contributed by atoms with Crippen molar-refractivity contribution in [2.45, 2.75) is 61.9 Å². The largest absolute Gasteiger partial charge is 0.349 e. The summed E-state index contributed by atoms with van der Waals surface area (Å²) in [6.07, 6.45) is 10.3. The van der Waals surface area contributed by atoms with E-state index in [1.165, 1.54) is 24.0 Å². The van der Waals surface area contributed by atoms with E-state index in [1.807, 2.05) is 12.1 Å². The minimum Gasteiger partial charge on any atom is -0.349 e. The Bertz CT molecular complexity index is 1450. The van der Waals surface area contributed by atoms with E-state index in [9.17, 15) is 10.1 Å². The summed E-state index contributed by atoms with van der Waals surface area (Å²) >= 11 is 0. The number of nitriles is 1. The quantitative estimate of drug-likeness (QED) is 0.391. The SMILES string of the molecule is N#CC1(c2cc(Nc3nc(Nc4ccc5c(c4)CCNC54CC4)ncc3C(=O)NC3CC3)ccn2)CC1. The minimum atomic E-state index is -0.497. The van der Waals surface area contributed by atoms with Crippen LogP contribution in [0.2, 0.25) is 0 Å². The maximum absolute atomic E-state index is 13.0. The van der Waals surface area contributed by atoms with Crippen molar-refractivity contribution in [1.82, 2.24) is 25.6 Å². The number of rotatable bonds is 7. The summed E-state index contributed by atoms with van der Waals surface area (Å²) in [4.78, 5) is 26.6. The van der Waals surface area contributed by atoms with Crippen LogP contribution < -0.4 is 21.3 Å². The van der Waals surface area contributed by atoms with Crippen LogP contribution in [0.1, 0.15) is 65.7 Å². The molecule has 3 aromatic rings. The monoisotopic (exact) mass is 492 g/mol. The van der Waals surface area contributed by atoms with Crippen LogP contribution in [0.4, 0.5) is 23.1 Å². The van der Waals surface area contributed by atoms with Crippen LogP contribution in [0.5, 0.6) is 0 Å². The number of nitrogens with one attached hydrogen (secondary N) is 4. The Morgan fingerprint density at radius 2 is 1.89 bits per heavy atom. The Kier molecular flexibility index (Phi) is 4.95. The molecule has 9 heteroatoms. The highest BCUT2D eigenvalue weighted by atomic mass is 16.1. The molecule has 1 spiro atoms. The normalized spacial score (nSPS) is 19.9. The summed E-state index contributed by atoms with van der Waals surface area (Å²) in [6, 6.07) is 12.8. The summed E-state index contributed by atoms with van der Waals surface area (Å²) in [6.45, 7) is 0.993. The van der Waals surface area contributed by atoms with E-state index in [0.717, 1.165) is 55.7 Å². The molecule has 3 aliphatic carbocycles. The molecule has 4 N–H and O–H groups in total. The van der Waals surface area contributed by atoms with Crippen LogP contribution in [0, 0.1) is 11.3 Å². The van der Waals surface area contributed by atoms with Gasteiger partial charge in [0.05, 0.1) is 17.2 Å². The van der Waals surface area contributed by atoms with Crippen molar-refractivity contribution in [3.8, 4) is 6.07 Å². The zero-order chi connectivity index (χ0) is 25.0. The summed E-state index contributed by atoms with van der Waals surface area (Å²) in [5, 5.41) is 22.9. The molecule has 0 atom stereocenters. The van der Waals surface area contributed by atoms with Gasteiger partial charge in [0, 0.05) is 41.9 Å². The van der Waals surface area contributed by atoms with Gasteiger partial charge in [0.15, 0.2) is 0 Å². The fourth-order valence-electron chi connectivity index (χ4n) is 5.23. The zero-order valence-electron chi connectivity index (χ0n) is 20.5. The van der Waals surface area contributed by atoms with Crippen molar-refractivity contribution >= 4 is 29.0 Å². The number of carbonyl (C=O) groups excluding carboxylic acids is 1. The summed E-state index contributed by atoms with van der Waals surface area (Å²) in [5.74, 6) is 0.622. The van der Waals surface area contributed by atoms with Gasteiger partial charge >= 0.3 is 0 Å². The molecule has 9 nitrogen and oxygen atoms in total. The van der Waals surface area contributed by atoms with Crippen molar-refractivity contribution in [2.75, 3.05) is 17.2 Å². The van der Waals surface area contributed by atoms with Crippen molar-refractivity contribution in [2.24, 2.45) is 0 Å². The highest BCUT2D eigenvalue weighted by Gasteiger charge is 2.47. The van der Waals surface area contributed by atoms with Crippen LogP contribution in [0.3, 0.4) is 0 Å². The second-order valence-electron chi connectivity index (χ2n) is 10.7. The number of hydrogen-bond acceptors (Lipinski definition) is 8. The van der Waals surface area contributed by atoms with E-state index in [-0.39, 0.29) is 17.5 Å². The van der Waals surface area contributed by atoms with Gasteiger partial charge in [0.25, 0.3) is 5.91 Å². The summed E-state index contributed by atoms with van der Waals surface area (Å²) < 4.78 is 0. The van der Waals surface area contributed by atoms with Crippen LogP contribution in [-0.2, 0) is 17.4 Å². The standard InChI is InChI=1S/C28H28N8O/c29-16-27(7-8-27)23-14-20(6-11-30-23)33-24-21(25(37)34-18-1-2-18)15-31-26(36-24)35-19-3-4-22-17(13-19)5-12-32-28(22)9-10-28/h3-4,6,11,13-15,18,32H,1-2,5,7-10,12H2,(H,34,37)(H2,30,31,33,35,36). The van der Waals surface area contributed by atoms with Gasteiger partial charge in [0.1, 0.15) is 11.4 Å². The average Bonchev–Trinajstić information content (AvgIpc) is 3.77. The van der Waals surface area contributed by atoms with Gasteiger partial charge < -0.3 is 21.3 Å². The molecule has 3 heterocycles. The van der Waals surface area contributed by atoms with Gasteiger partial charge in [-0.2, -0.15) is 10.2 Å². The van der Waals surface area contributed by atoms with Gasteiger partial charge in [-0.15, -0.1) is 0 Å². The fourth-order valence-corrected chi connectivity index (χ4v) is 5.23. The first kappa shape index (κ1) is 22.2. The first-order chi connectivity index (χ1) is 18.1. The second-order valence-corrected chi connectivity index (χ2v) is 10.7. The molecular weight excluding hydrogens is 464 g/mol. The molecular formula is C28H28N8O. The van der Waals surface area contributed by atoms with Gasteiger partial charge in [-0.05, 0) is 80.3 Å². The fraction of sp³-hybridized carbons (Fsp3) is 0.393. The molecule has 1 aromatic carbocycles. The number of nitrogens with zero attached hydrogens (tertiary/aromatic N) is 4. The molecule has 0 radical (unpaired) electrons. The topological polar surface area (TPSA) is 128 Å². The average molecular weight is 493 g/mol. The van der Waals surface area contributed by atoms with E-state index in [4.69, 9.17) is 4.98 Å². The van der Waals surface area contributed by atoms with Gasteiger partial charge in [0.2, 0.25) is 5.95 Å². The maximum Gasteiger partial charge on any atom is 0.256 e. The van der Waals surface area contributed by atoms with Crippen molar-refractivity contribution < 1.29 is 4.79 Å². The molecule has 37 heavy (non-hydrogen) atoms. The smallest absolute Gasteiger partial charge is 0.256 e. The van der Waals surface area contributed by atoms with Gasteiger partial charge in [-0.1, -0.05) is 6.07 Å². The number of amides is 1. The first-order valence-corrected chi connectivity index (χ1v) is 13.0. The molecule has 0 unspecified atom stereocenters. The second kappa shape index (κ2) is 8.25. The third-order valence-electron chi connectivity index (χ3n) is 7.91. The highest BCUT2D eigenvalue weighted by molar-refractivity contribution is 5.99. The molecule has 3 saturated carbocycles. The number of carbonyl (C=O) groups is 1. The lowest BCUT2D eigenvalue weighted by Crippen LogP contribution is -2.36. The Morgan fingerprint density at radius 1 is 1.05 bits per heavy atom. The summed E-state index contributed by atoms with van der Waals surface area (Å²) in [5.41, 5.74) is 5.22. The minimum absolute atomic E-state index is 0.185. The molecule has 186 valence electrons. The number of benzene rings is 1. The van der Waals surface area contributed by atoms with E-state index >= 15 is 0 Å². The molecule has 0 bridgehead atoms. The lowest BCUT2D eigenvalue weighted by molar-refractivity contribution is 0.0951. The van der Waals surface area contributed by atoms with Crippen molar-refractivity contribution in [3.63, 3.8) is 0 Å². The van der Waals surface area contributed by atoms with Crippen molar-refractivity contribution in [3.05, 3.63) is 65.1 Å². The van der Waals surface area contributed by atoms with Crippen molar-refractivity contribution in [1.29, 1.82) is 5.26 Å². The van der Waals surface area contributed by atoms with Crippen LogP contribution in [0.25, 0.3) is 0 Å². The van der Waals surface area contributed by atoms with E-state index in [0.29, 0.717) is 17.3 Å². The molecule has 4 aliphatic rings. The Balaban J connectivity index is 1.18. The molecule has 3 fully saturated rings. The summed E-state index contributed by atoms with van der Waals surface area (Å²) in [7, 11) is 0. The van der Waals surface area contributed by atoms with Crippen LogP contribution in [-0.4, -0.2) is 33.4 Å². The number of hydrogen-bond donors (Lipinski definition) is 4. The molecule has 2 aromatic heterocycles. The Hall–Kier alpha value is -4.03. The number of anilines is 4. The zero-order valence-corrected chi connectivity index (χ0v) is 20.5.